The van der Waals surface area contributed by atoms with Crippen LogP contribution in [0.25, 0.3) is 0 Å². The van der Waals surface area contributed by atoms with E-state index in [4.69, 9.17) is 0 Å². The highest BCUT2D eigenvalue weighted by molar-refractivity contribution is 8.03. The van der Waals surface area contributed by atoms with Crippen molar-refractivity contribution >= 4 is 11.8 Å². The molecule has 33 valence electrons. The van der Waals surface area contributed by atoms with Gasteiger partial charge in [-0.05, 0) is 12.8 Å². The third-order valence-corrected chi connectivity index (χ3v) is 1.54. The van der Waals surface area contributed by atoms with Crippen LogP contribution in [-0.2, 0) is 0 Å². The van der Waals surface area contributed by atoms with Crippen LogP contribution in [0.4, 0.5) is 0 Å². The van der Waals surface area contributed by atoms with Gasteiger partial charge in [0.1, 0.15) is 0 Å². The summed E-state index contributed by atoms with van der Waals surface area (Å²) in [5.41, 5.74) is 0. The first kappa shape index (κ1) is 4.51. The lowest BCUT2D eigenvalue weighted by Gasteiger charge is -2.03. The molecule has 0 N–H and O–H groups in total. The van der Waals surface area contributed by atoms with Crippen LogP contribution in [-0.4, -0.2) is 0 Å². The third kappa shape index (κ3) is 1.21. The van der Waals surface area contributed by atoms with Crippen molar-refractivity contribution in [3.63, 3.8) is 0 Å². The second kappa shape index (κ2) is 2.51. The molecule has 1 heteroatoms. The molecule has 3 radical (unpaired) electrons. The standard InChI is InChI=1S/C5H7S/c1-2-4-6-5-3-1/h4H,1-3H2. The predicted octanol–water partition coefficient (Wildman–Crippen LogP) is 2.10. The molecule has 0 aromatic heterocycles. The van der Waals surface area contributed by atoms with Crippen LogP contribution >= 0.6 is 11.8 Å². The van der Waals surface area contributed by atoms with E-state index in [2.05, 4.69) is 11.5 Å². The highest BCUT2D eigenvalue weighted by Gasteiger charge is 1.97. The Morgan fingerprint density at radius 1 is 1.67 bits per heavy atom. The van der Waals surface area contributed by atoms with E-state index in [1.54, 1.807) is 11.8 Å². The van der Waals surface area contributed by atoms with Gasteiger partial charge in [0.25, 0.3) is 0 Å². The molecule has 1 heterocycles. The van der Waals surface area contributed by atoms with E-state index in [1.165, 1.54) is 19.3 Å². The monoisotopic (exact) mass is 99.0 g/mol. The largest absolute Gasteiger partial charge is 0.148 e. The van der Waals surface area contributed by atoms with Crippen molar-refractivity contribution in [3.8, 4) is 0 Å². The molecule has 0 amide bonds. The first-order valence-electron chi connectivity index (χ1n) is 2.20. The highest BCUT2D eigenvalue weighted by atomic mass is 32.2. The van der Waals surface area contributed by atoms with E-state index < -0.39 is 0 Å². The van der Waals surface area contributed by atoms with Crippen molar-refractivity contribution in [2.45, 2.75) is 19.3 Å². The molecule has 0 atom stereocenters. The average Bonchev–Trinajstić information content (AvgIpc) is 1.72. The van der Waals surface area contributed by atoms with E-state index in [9.17, 15) is 0 Å². The van der Waals surface area contributed by atoms with Gasteiger partial charge in [0.2, 0.25) is 0 Å². The molecule has 0 aromatic rings. The molecule has 0 bridgehead atoms. The van der Waals surface area contributed by atoms with Gasteiger partial charge < -0.3 is 0 Å². The summed E-state index contributed by atoms with van der Waals surface area (Å²) in [5, 5.41) is 0. The van der Waals surface area contributed by atoms with Crippen LogP contribution in [0.2, 0.25) is 0 Å². The molecule has 1 saturated heterocycles. The molecule has 0 saturated carbocycles. The molecule has 6 heavy (non-hydrogen) atoms. The van der Waals surface area contributed by atoms with Gasteiger partial charge in [0.05, 0.1) is 0 Å². The summed E-state index contributed by atoms with van der Waals surface area (Å²) in [4.78, 5) is 0. The van der Waals surface area contributed by atoms with Crippen molar-refractivity contribution in [3.05, 3.63) is 11.5 Å². The van der Waals surface area contributed by atoms with Gasteiger partial charge in [-0.25, -0.2) is 0 Å². The lowest BCUT2D eigenvalue weighted by atomic mass is 10.3. The Morgan fingerprint density at radius 3 is 2.83 bits per heavy atom. The second-order valence-corrected chi connectivity index (χ2v) is 2.18. The lowest BCUT2D eigenvalue weighted by Crippen LogP contribution is -1.81. The molecule has 1 fully saturated rings. The molecule has 0 nitrogen and oxygen atoms in total. The minimum absolute atomic E-state index is 1.18. The van der Waals surface area contributed by atoms with Gasteiger partial charge in [0.15, 0.2) is 0 Å². The Kier molecular flexibility index (Phi) is 1.89. The van der Waals surface area contributed by atoms with E-state index >= 15 is 0 Å². The summed E-state index contributed by atoms with van der Waals surface area (Å²) in [6.45, 7) is 0. The van der Waals surface area contributed by atoms with Crippen molar-refractivity contribution in [2.24, 2.45) is 0 Å². The molecule has 0 aliphatic carbocycles. The zero-order valence-electron chi connectivity index (χ0n) is 3.61. The van der Waals surface area contributed by atoms with Gasteiger partial charge in [-0.1, -0.05) is 6.42 Å². The number of hydrogen-bond donors (Lipinski definition) is 0. The van der Waals surface area contributed by atoms with E-state index in [0.717, 1.165) is 0 Å². The normalized spacial score (nSPS) is 24.0. The van der Waals surface area contributed by atoms with Crippen LogP contribution in [0.5, 0.6) is 0 Å². The second-order valence-electron chi connectivity index (χ2n) is 1.32. The fourth-order valence-electron chi connectivity index (χ4n) is 0.434. The quantitative estimate of drug-likeness (QED) is 0.448. The molecule has 1 aliphatic rings. The van der Waals surface area contributed by atoms with E-state index in [1.807, 2.05) is 0 Å². The molecular formula is C5H7S. The fraction of sp³-hybridized carbons (Fsp3) is 0.600. The predicted molar refractivity (Wildman–Crippen MR) is 29.0 cm³/mol. The van der Waals surface area contributed by atoms with Crippen LogP contribution in [0, 0.1) is 11.5 Å². The summed E-state index contributed by atoms with van der Waals surface area (Å²) in [6.07, 6.45) is 3.77. The molecule has 0 aromatic carbocycles. The molecular weight excluding hydrogens is 92.1 g/mol. The van der Waals surface area contributed by atoms with Crippen molar-refractivity contribution in [2.75, 3.05) is 0 Å². The summed E-state index contributed by atoms with van der Waals surface area (Å²) in [6, 6.07) is 0. The molecule has 1 aliphatic heterocycles. The van der Waals surface area contributed by atoms with Gasteiger partial charge >= 0.3 is 0 Å². The first-order chi connectivity index (χ1) is 3.00. The molecule has 0 unspecified atom stereocenters. The van der Waals surface area contributed by atoms with Crippen molar-refractivity contribution in [1.82, 2.24) is 0 Å². The fourth-order valence-corrected chi connectivity index (χ4v) is 1.10. The number of rotatable bonds is 0. The molecule has 0 spiro atoms. The van der Waals surface area contributed by atoms with Crippen molar-refractivity contribution < 1.29 is 0 Å². The van der Waals surface area contributed by atoms with Gasteiger partial charge in [0, 0.05) is 11.5 Å². The van der Waals surface area contributed by atoms with Gasteiger partial charge in [-0.15, -0.1) is 11.8 Å². The topological polar surface area (TPSA) is 0 Å². The first-order valence-corrected chi connectivity index (χ1v) is 3.08. The SMILES string of the molecule is [C]1CCC[CH]S1. The van der Waals surface area contributed by atoms with Crippen LogP contribution in [0.3, 0.4) is 0 Å². The van der Waals surface area contributed by atoms with Gasteiger partial charge in [-0.3, -0.25) is 0 Å². The molecule has 1 rings (SSSR count). The van der Waals surface area contributed by atoms with Crippen LogP contribution in [0.15, 0.2) is 0 Å². The minimum Gasteiger partial charge on any atom is -0.148 e. The Hall–Kier alpha value is 0.350. The Balaban J connectivity index is 2.00. The van der Waals surface area contributed by atoms with Gasteiger partial charge in [-0.2, -0.15) is 0 Å². The van der Waals surface area contributed by atoms with E-state index in [0.29, 0.717) is 0 Å². The Labute approximate surface area is 43.3 Å². The maximum Gasteiger partial charge on any atom is 0.0484 e. The number of hydrogen-bond acceptors (Lipinski definition) is 1. The smallest absolute Gasteiger partial charge is 0.0484 e. The maximum absolute atomic E-state index is 3.15. The maximum atomic E-state index is 3.15. The minimum atomic E-state index is 1.18. The summed E-state index contributed by atoms with van der Waals surface area (Å²) < 4.78 is 0. The average molecular weight is 99.2 g/mol. The summed E-state index contributed by atoms with van der Waals surface area (Å²) in [5.74, 6) is 5.34. The zero-order chi connectivity index (χ0) is 4.24. The Morgan fingerprint density at radius 2 is 2.67 bits per heavy atom. The van der Waals surface area contributed by atoms with E-state index in [-0.39, 0.29) is 0 Å². The van der Waals surface area contributed by atoms with Crippen LogP contribution in [0.1, 0.15) is 19.3 Å². The lowest BCUT2D eigenvalue weighted by molar-refractivity contribution is 0.833. The zero-order valence-corrected chi connectivity index (χ0v) is 4.42. The summed E-state index contributed by atoms with van der Waals surface area (Å²) >= 11 is 1.72. The third-order valence-electron chi connectivity index (χ3n) is 0.767. The summed E-state index contributed by atoms with van der Waals surface area (Å²) in [7, 11) is 0. The highest BCUT2D eigenvalue weighted by Crippen LogP contribution is 2.23. The Bertz CT molecular complexity index is 19.4. The van der Waals surface area contributed by atoms with Crippen LogP contribution < -0.4 is 0 Å². The van der Waals surface area contributed by atoms with Crippen molar-refractivity contribution in [1.29, 1.82) is 0 Å². The number of thioether (sulfide) groups is 1.